The van der Waals surface area contributed by atoms with Gasteiger partial charge in [0.2, 0.25) is 0 Å². The molecule has 1 aromatic heterocycles. The van der Waals surface area contributed by atoms with E-state index >= 15 is 0 Å². The van der Waals surface area contributed by atoms with Gasteiger partial charge in [-0.3, -0.25) is 4.79 Å². The Bertz CT molecular complexity index is 391. The molecule has 1 rings (SSSR count). The van der Waals surface area contributed by atoms with E-state index in [9.17, 15) is 4.79 Å². The summed E-state index contributed by atoms with van der Waals surface area (Å²) in [6.45, 7) is 4.74. The number of hydrogen-bond acceptors (Lipinski definition) is 4. The van der Waals surface area contributed by atoms with Crippen molar-refractivity contribution in [1.29, 1.82) is 5.26 Å². The summed E-state index contributed by atoms with van der Waals surface area (Å²) < 4.78 is 0. The lowest BCUT2D eigenvalue weighted by Gasteiger charge is -2.15. The van der Waals surface area contributed by atoms with Crippen LogP contribution in [0.5, 0.6) is 0 Å². The number of carbonyl (C=O) groups excluding carboxylic acids is 1. The molecule has 0 spiro atoms. The molecule has 1 unspecified atom stereocenters. The molecular weight excluding hydrogens is 178 g/mol. The number of hydrogen-bond donors (Lipinski definition) is 0. The van der Waals surface area contributed by atoms with Gasteiger partial charge >= 0.3 is 0 Å². The first-order chi connectivity index (χ1) is 6.50. The maximum atomic E-state index is 11.3. The second kappa shape index (κ2) is 3.54. The highest BCUT2D eigenvalue weighted by molar-refractivity contribution is 5.89. The number of aryl methyl sites for hydroxylation is 1. The Morgan fingerprint density at radius 1 is 1.50 bits per heavy atom. The first-order valence-corrected chi connectivity index (χ1v) is 4.22. The van der Waals surface area contributed by atoms with E-state index in [1.54, 1.807) is 12.4 Å². The molecule has 0 amide bonds. The van der Waals surface area contributed by atoms with Crippen LogP contribution < -0.4 is 0 Å². The topological polar surface area (TPSA) is 66.6 Å². The number of rotatable bonds is 2. The van der Waals surface area contributed by atoms with Gasteiger partial charge in [-0.1, -0.05) is 0 Å². The van der Waals surface area contributed by atoms with E-state index in [2.05, 4.69) is 9.97 Å². The fourth-order valence-corrected chi connectivity index (χ4v) is 0.937. The fraction of sp³-hybridized carbons (Fsp3) is 0.400. The second-order valence-corrected chi connectivity index (χ2v) is 3.38. The molecule has 0 aromatic carbocycles. The van der Waals surface area contributed by atoms with Gasteiger partial charge in [0.1, 0.15) is 0 Å². The largest absolute Gasteiger partial charge is 0.298 e. The van der Waals surface area contributed by atoms with E-state index in [-0.39, 0.29) is 11.6 Å². The first kappa shape index (κ1) is 10.3. The second-order valence-electron chi connectivity index (χ2n) is 3.38. The Morgan fingerprint density at radius 2 is 2.00 bits per heavy atom. The molecular formula is C10H11N3O. The summed E-state index contributed by atoms with van der Waals surface area (Å²) >= 11 is 0. The van der Waals surface area contributed by atoms with Crippen molar-refractivity contribution in [1.82, 2.24) is 9.97 Å². The predicted molar refractivity (Wildman–Crippen MR) is 50.4 cm³/mol. The SMILES string of the molecule is CC(=O)C(C)(C#N)c1ncc(C)cn1. The minimum Gasteiger partial charge on any atom is -0.298 e. The fourth-order valence-electron chi connectivity index (χ4n) is 0.937. The number of ketones is 1. The van der Waals surface area contributed by atoms with Gasteiger partial charge in [-0.25, -0.2) is 9.97 Å². The average molecular weight is 189 g/mol. The van der Waals surface area contributed by atoms with Crippen molar-refractivity contribution in [2.45, 2.75) is 26.2 Å². The van der Waals surface area contributed by atoms with Crippen molar-refractivity contribution in [3.8, 4) is 6.07 Å². The predicted octanol–water partition coefficient (Wildman–Crippen LogP) is 1.16. The Kier molecular flexibility index (Phi) is 2.61. The molecule has 0 radical (unpaired) electrons. The van der Waals surface area contributed by atoms with Crippen LogP contribution >= 0.6 is 0 Å². The van der Waals surface area contributed by atoms with Crippen molar-refractivity contribution in [3.63, 3.8) is 0 Å². The number of aromatic nitrogens is 2. The average Bonchev–Trinajstić information content (AvgIpc) is 2.17. The Morgan fingerprint density at radius 3 is 2.36 bits per heavy atom. The van der Waals surface area contributed by atoms with Crippen molar-refractivity contribution in [3.05, 3.63) is 23.8 Å². The summed E-state index contributed by atoms with van der Waals surface area (Å²) in [5, 5.41) is 8.93. The molecule has 72 valence electrons. The maximum absolute atomic E-state index is 11.3. The van der Waals surface area contributed by atoms with E-state index < -0.39 is 5.41 Å². The smallest absolute Gasteiger partial charge is 0.171 e. The van der Waals surface area contributed by atoms with Crippen LogP contribution in [0.3, 0.4) is 0 Å². The highest BCUT2D eigenvalue weighted by Gasteiger charge is 2.34. The molecule has 4 nitrogen and oxygen atoms in total. The summed E-state index contributed by atoms with van der Waals surface area (Å²) in [6, 6.07) is 1.94. The van der Waals surface area contributed by atoms with Gasteiger partial charge in [-0.05, 0) is 26.3 Å². The number of carbonyl (C=O) groups is 1. The molecule has 0 aliphatic carbocycles. The third-order valence-electron chi connectivity index (χ3n) is 2.16. The first-order valence-electron chi connectivity index (χ1n) is 4.22. The van der Waals surface area contributed by atoms with Crippen molar-refractivity contribution >= 4 is 5.78 Å². The summed E-state index contributed by atoms with van der Waals surface area (Å²) in [7, 11) is 0. The normalized spacial score (nSPS) is 14.1. The lowest BCUT2D eigenvalue weighted by atomic mass is 9.87. The van der Waals surface area contributed by atoms with Gasteiger partial charge < -0.3 is 0 Å². The van der Waals surface area contributed by atoms with E-state index in [4.69, 9.17) is 5.26 Å². The zero-order valence-corrected chi connectivity index (χ0v) is 8.40. The van der Waals surface area contributed by atoms with Crippen LogP contribution in [0.1, 0.15) is 25.2 Å². The van der Waals surface area contributed by atoms with Crippen molar-refractivity contribution in [2.24, 2.45) is 0 Å². The minimum atomic E-state index is -1.23. The number of nitrogens with zero attached hydrogens (tertiary/aromatic N) is 3. The molecule has 0 saturated heterocycles. The van der Waals surface area contributed by atoms with Crippen LogP contribution in [0.4, 0.5) is 0 Å². The molecule has 1 heterocycles. The zero-order chi connectivity index (χ0) is 10.8. The molecule has 0 aliphatic heterocycles. The molecule has 0 N–H and O–H groups in total. The molecule has 1 atom stereocenters. The number of nitriles is 1. The summed E-state index contributed by atoms with van der Waals surface area (Å²) in [5.74, 6) is 0.0157. The summed E-state index contributed by atoms with van der Waals surface area (Å²) in [6.07, 6.45) is 3.20. The molecule has 14 heavy (non-hydrogen) atoms. The van der Waals surface area contributed by atoms with Crippen LogP contribution in [0.15, 0.2) is 12.4 Å². The van der Waals surface area contributed by atoms with Crippen LogP contribution in [-0.4, -0.2) is 15.8 Å². The maximum Gasteiger partial charge on any atom is 0.171 e. The third kappa shape index (κ3) is 1.62. The van der Waals surface area contributed by atoms with E-state index in [0.717, 1.165) is 5.56 Å². The van der Waals surface area contributed by atoms with Crippen molar-refractivity contribution in [2.75, 3.05) is 0 Å². The van der Waals surface area contributed by atoms with Crippen LogP contribution in [0, 0.1) is 18.3 Å². The van der Waals surface area contributed by atoms with Gasteiger partial charge in [0, 0.05) is 12.4 Å². The van der Waals surface area contributed by atoms with Crippen LogP contribution in [0.25, 0.3) is 0 Å². The van der Waals surface area contributed by atoms with Gasteiger partial charge in [0.25, 0.3) is 0 Å². The standard InChI is InChI=1S/C10H11N3O/c1-7-4-12-9(13-5-7)10(3,6-11)8(2)14/h4-5H,1-3H3. The third-order valence-corrected chi connectivity index (χ3v) is 2.16. The lowest BCUT2D eigenvalue weighted by Crippen LogP contribution is -2.30. The number of Topliss-reactive ketones (excluding diaryl/α,β-unsaturated/α-hetero) is 1. The quantitative estimate of drug-likeness (QED) is 0.700. The van der Waals surface area contributed by atoms with Gasteiger partial charge in [0.05, 0.1) is 6.07 Å². The molecule has 0 bridgehead atoms. The van der Waals surface area contributed by atoms with Crippen LogP contribution in [0.2, 0.25) is 0 Å². The van der Waals surface area contributed by atoms with Gasteiger partial charge in [0.15, 0.2) is 17.0 Å². The van der Waals surface area contributed by atoms with Crippen LogP contribution in [-0.2, 0) is 10.2 Å². The van der Waals surface area contributed by atoms with Gasteiger partial charge in [-0.2, -0.15) is 5.26 Å². The van der Waals surface area contributed by atoms with Crippen molar-refractivity contribution < 1.29 is 4.79 Å². The molecule has 0 saturated carbocycles. The molecule has 0 fully saturated rings. The van der Waals surface area contributed by atoms with E-state index in [0.29, 0.717) is 0 Å². The molecule has 1 aromatic rings. The Labute approximate surface area is 82.6 Å². The van der Waals surface area contributed by atoms with E-state index in [1.807, 2.05) is 13.0 Å². The highest BCUT2D eigenvalue weighted by atomic mass is 16.1. The molecule has 0 aliphatic rings. The van der Waals surface area contributed by atoms with E-state index in [1.165, 1.54) is 13.8 Å². The summed E-state index contributed by atoms with van der Waals surface area (Å²) in [5.41, 5.74) is -0.328. The highest BCUT2D eigenvalue weighted by Crippen LogP contribution is 2.19. The lowest BCUT2D eigenvalue weighted by molar-refractivity contribution is -0.120. The zero-order valence-electron chi connectivity index (χ0n) is 8.40. The van der Waals surface area contributed by atoms with Gasteiger partial charge in [-0.15, -0.1) is 0 Å². The minimum absolute atomic E-state index is 0.246. The Balaban J connectivity index is 3.22. The molecule has 4 heteroatoms. The Hall–Kier alpha value is -1.76. The summed E-state index contributed by atoms with van der Waals surface area (Å²) in [4.78, 5) is 19.3. The monoisotopic (exact) mass is 189 g/mol.